The first-order chi connectivity index (χ1) is 9.19. The molecule has 1 unspecified atom stereocenters. The molecule has 2 rings (SSSR count). The molecule has 3 heteroatoms. The number of hydrogen-bond acceptors (Lipinski definition) is 3. The van der Waals surface area contributed by atoms with Crippen LogP contribution in [-0.2, 0) is 4.74 Å². The molecule has 0 amide bonds. The summed E-state index contributed by atoms with van der Waals surface area (Å²) in [5.41, 5.74) is 0.498. The molecule has 1 fully saturated rings. The molecule has 0 saturated carbocycles. The molecule has 0 bridgehead atoms. The first kappa shape index (κ1) is 14.1. The maximum absolute atomic E-state index is 12.4. The highest BCUT2D eigenvalue weighted by Crippen LogP contribution is 2.32. The zero-order chi connectivity index (χ0) is 13.7. The smallest absolute Gasteiger partial charge is 0.165 e. The lowest BCUT2D eigenvalue weighted by Crippen LogP contribution is -2.37. The number of benzene rings is 1. The van der Waals surface area contributed by atoms with Crippen molar-refractivity contribution in [2.75, 3.05) is 13.7 Å². The number of methoxy groups -OCH3 is 1. The van der Waals surface area contributed by atoms with Gasteiger partial charge >= 0.3 is 0 Å². The highest BCUT2D eigenvalue weighted by Gasteiger charge is 2.33. The van der Waals surface area contributed by atoms with Crippen molar-refractivity contribution in [3.63, 3.8) is 0 Å². The third-order valence-corrected chi connectivity index (χ3v) is 3.97. The number of hydrogen-bond donors (Lipinski definition) is 0. The molecule has 1 aromatic rings. The Hall–Kier alpha value is -1.35. The number of ether oxygens (including phenoxy) is 2. The zero-order valence-electron chi connectivity index (χ0n) is 11.8. The maximum Gasteiger partial charge on any atom is 0.165 e. The summed E-state index contributed by atoms with van der Waals surface area (Å²) in [4.78, 5) is 12.4. The maximum atomic E-state index is 12.4. The van der Waals surface area contributed by atoms with E-state index in [0.29, 0.717) is 6.42 Å². The predicted octanol–water partition coefficient (Wildman–Crippen LogP) is 3.62. The van der Waals surface area contributed by atoms with Crippen LogP contribution < -0.4 is 4.74 Å². The van der Waals surface area contributed by atoms with E-state index in [1.807, 2.05) is 24.3 Å². The monoisotopic (exact) mass is 262 g/mol. The van der Waals surface area contributed by atoms with Crippen LogP contribution in [0.3, 0.4) is 0 Å². The summed E-state index contributed by atoms with van der Waals surface area (Å²) in [5, 5.41) is 0. The van der Waals surface area contributed by atoms with Crippen LogP contribution in [0.5, 0.6) is 5.75 Å². The van der Waals surface area contributed by atoms with E-state index in [-0.39, 0.29) is 11.4 Å². The molecule has 1 heterocycles. The summed E-state index contributed by atoms with van der Waals surface area (Å²) < 4.78 is 11.0. The fourth-order valence-electron chi connectivity index (χ4n) is 2.62. The van der Waals surface area contributed by atoms with Crippen molar-refractivity contribution in [1.82, 2.24) is 0 Å². The first-order valence-corrected chi connectivity index (χ1v) is 7.00. The number of ketones is 1. The van der Waals surface area contributed by atoms with Crippen LogP contribution in [0, 0.1) is 0 Å². The van der Waals surface area contributed by atoms with Crippen molar-refractivity contribution in [1.29, 1.82) is 0 Å². The first-order valence-electron chi connectivity index (χ1n) is 7.00. The molecule has 1 saturated heterocycles. The largest absolute Gasteiger partial charge is 0.497 e. The second-order valence-corrected chi connectivity index (χ2v) is 5.17. The molecule has 3 nitrogen and oxygen atoms in total. The van der Waals surface area contributed by atoms with Gasteiger partial charge in [-0.1, -0.05) is 6.92 Å². The number of carbonyl (C=O) groups excluding carboxylic acids is 1. The highest BCUT2D eigenvalue weighted by molar-refractivity contribution is 5.96. The van der Waals surface area contributed by atoms with Crippen LogP contribution in [0.2, 0.25) is 0 Å². The van der Waals surface area contributed by atoms with Crippen LogP contribution in [0.25, 0.3) is 0 Å². The van der Waals surface area contributed by atoms with Crippen molar-refractivity contribution >= 4 is 5.78 Å². The summed E-state index contributed by atoms with van der Waals surface area (Å²) in [5.74, 6) is 0.932. The Kier molecular flexibility index (Phi) is 4.59. The second-order valence-electron chi connectivity index (χ2n) is 5.17. The number of carbonyl (C=O) groups is 1. The number of Topliss-reactive ketones (excluding diaryl/α,β-unsaturated/α-hetero) is 1. The normalized spacial score (nSPS) is 23.1. The SMILES string of the molecule is CCC1(CC(=O)c2ccc(OC)cc2)CCCCO1. The van der Waals surface area contributed by atoms with E-state index < -0.39 is 0 Å². The lowest BCUT2D eigenvalue weighted by molar-refractivity contribution is -0.0795. The molecule has 0 aromatic heterocycles. The van der Waals surface area contributed by atoms with E-state index in [4.69, 9.17) is 9.47 Å². The van der Waals surface area contributed by atoms with Crippen LogP contribution >= 0.6 is 0 Å². The third kappa shape index (κ3) is 3.35. The van der Waals surface area contributed by atoms with Gasteiger partial charge in [0.1, 0.15) is 5.75 Å². The molecule has 1 aromatic carbocycles. The Balaban J connectivity index is 2.06. The fourth-order valence-corrected chi connectivity index (χ4v) is 2.62. The van der Waals surface area contributed by atoms with Gasteiger partial charge in [-0.3, -0.25) is 4.79 Å². The van der Waals surface area contributed by atoms with Gasteiger partial charge in [0.15, 0.2) is 5.78 Å². The summed E-state index contributed by atoms with van der Waals surface area (Å²) in [6, 6.07) is 7.31. The molecule has 104 valence electrons. The van der Waals surface area contributed by atoms with E-state index in [2.05, 4.69) is 6.92 Å². The Morgan fingerprint density at radius 3 is 2.58 bits per heavy atom. The molecule has 0 aliphatic carbocycles. The van der Waals surface area contributed by atoms with Gasteiger partial charge in [-0.15, -0.1) is 0 Å². The van der Waals surface area contributed by atoms with E-state index in [9.17, 15) is 4.79 Å². The average Bonchev–Trinajstić information content (AvgIpc) is 2.48. The Bertz CT molecular complexity index is 416. The minimum atomic E-state index is -0.241. The summed E-state index contributed by atoms with van der Waals surface area (Å²) in [6.07, 6.45) is 4.64. The average molecular weight is 262 g/mol. The standard InChI is InChI=1S/C16H22O3/c1-3-16(10-4-5-11-19-16)12-15(17)13-6-8-14(18-2)9-7-13/h6-9H,3-5,10-12H2,1-2H3. The van der Waals surface area contributed by atoms with Crippen molar-refractivity contribution in [2.45, 2.75) is 44.6 Å². The Morgan fingerprint density at radius 2 is 2.05 bits per heavy atom. The molecule has 19 heavy (non-hydrogen) atoms. The minimum absolute atomic E-state index is 0.159. The van der Waals surface area contributed by atoms with E-state index >= 15 is 0 Å². The molecule has 1 aliphatic rings. The summed E-state index contributed by atoms with van der Waals surface area (Å²) in [7, 11) is 1.62. The molecule has 0 radical (unpaired) electrons. The van der Waals surface area contributed by atoms with Crippen molar-refractivity contribution in [3.8, 4) is 5.75 Å². The van der Waals surface area contributed by atoms with Crippen LogP contribution in [0.15, 0.2) is 24.3 Å². The van der Waals surface area contributed by atoms with Gasteiger partial charge in [-0.25, -0.2) is 0 Å². The van der Waals surface area contributed by atoms with Gasteiger partial charge in [0.05, 0.1) is 12.7 Å². The quantitative estimate of drug-likeness (QED) is 0.760. The predicted molar refractivity (Wildman–Crippen MR) is 74.8 cm³/mol. The summed E-state index contributed by atoms with van der Waals surface area (Å²) in [6.45, 7) is 2.89. The lowest BCUT2D eigenvalue weighted by atomic mass is 9.85. The molecule has 0 N–H and O–H groups in total. The topological polar surface area (TPSA) is 35.5 Å². The van der Waals surface area contributed by atoms with Gasteiger partial charge in [0, 0.05) is 18.6 Å². The van der Waals surface area contributed by atoms with Crippen LogP contribution in [0.1, 0.15) is 49.4 Å². The van der Waals surface area contributed by atoms with E-state index in [1.54, 1.807) is 7.11 Å². The summed E-state index contributed by atoms with van der Waals surface area (Å²) >= 11 is 0. The van der Waals surface area contributed by atoms with Crippen LogP contribution in [0.4, 0.5) is 0 Å². The van der Waals surface area contributed by atoms with E-state index in [0.717, 1.165) is 43.6 Å². The van der Waals surface area contributed by atoms with Gasteiger partial charge in [0.25, 0.3) is 0 Å². The second kappa shape index (κ2) is 6.20. The molecule has 1 aliphatic heterocycles. The molecule has 1 atom stereocenters. The highest BCUT2D eigenvalue weighted by atomic mass is 16.5. The molecular formula is C16H22O3. The van der Waals surface area contributed by atoms with Gasteiger partial charge in [-0.05, 0) is 49.9 Å². The zero-order valence-corrected chi connectivity index (χ0v) is 11.8. The van der Waals surface area contributed by atoms with Crippen molar-refractivity contribution in [2.24, 2.45) is 0 Å². The lowest BCUT2D eigenvalue weighted by Gasteiger charge is -2.36. The van der Waals surface area contributed by atoms with Crippen molar-refractivity contribution in [3.05, 3.63) is 29.8 Å². The fraction of sp³-hybridized carbons (Fsp3) is 0.562. The van der Waals surface area contributed by atoms with Gasteiger partial charge in [-0.2, -0.15) is 0 Å². The Morgan fingerprint density at radius 1 is 1.32 bits per heavy atom. The minimum Gasteiger partial charge on any atom is -0.497 e. The third-order valence-electron chi connectivity index (χ3n) is 3.97. The van der Waals surface area contributed by atoms with Gasteiger partial charge in [0.2, 0.25) is 0 Å². The van der Waals surface area contributed by atoms with Gasteiger partial charge < -0.3 is 9.47 Å². The molecule has 0 spiro atoms. The van der Waals surface area contributed by atoms with Crippen LogP contribution in [-0.4, -0.2) is 25.1 Å². The van der Waals surface area contributed by atoms with E-state index in [1.165, 1.54) is 0 Å². The number of rotatable bonds is 5. The molecular weight excluding hydrogens is 240 g/mol. The Labute approximate surface area is 114 Å². The van der Waals surface area contributed by atoms with Crippen molar-refractivity contribution < 1.29 is 14.3 Å².